The molecule has 0 atom stereocenters. The minimum absolute atomic E-state index is 0.0413. The molecule has 5 aromatic rings. The first kappa shape index (κ1) is 22.0. The first-order valence-electron chi connectivity index (χ1n) is 10.7. The Hall–Kier alpha value is -4.85. The molecule has 0 spiro atoms. The number of anilines is 1. The standard InChI is InChI=1S/C27H19FN4O3/c28-22-4-1-5-23-25(22)26(31-16-30-23)18-6-8-19(9-7-18)32(15-17-3-2-12-29-14-17)27(35)21-11-10-20(33)13-24(21)34/h1-14,16,33-34H,15H2. The number of amides is 1. The predicted octanol–water partition coefficient (Wildman–Crippen LogP) is 5.09. The van der Waals surface area contributed by atoms with Crippen LogP contribution in [0.5, 0.6) is 11.5 Å². The Bertz CT molecular complexity index is 1520. The minimum atomic E-state index is -0.461. The summed E-state index contributed by atoms with van der Waals surface area (Å²) in [4.78, 5) is 27.5. The van der Waals surface area contributed by atoms with Gasteiger partial charge >= 0.3 is 0 Å². The fourth-order valence-corrected chi connectivity index (χ4v) is 3.89. The second kappa shape index (κ2) is 9.18. The van der Waals surface area contributed by atoms with Gasteiger partial charge in [0.1, 0.15) is 23.6 Å². The van der Waals surface area contributed by atoms with Gasteiger partial charge in [0.05, 0.1) is 28.7 Å². The normalized spacial score (nSPS) is 10.9. The van der Waals surface area contributed by atoms with Crippen LogP contribution in [0.25, 0.3) is 22.2 Å². The van der Waals surface area contributed by atoms with Crippen molar-refractivity contribution in [3.05, 3.63) is 108 Å². The molecule has 0 aliphatic carbocycles. The molecule has 0 radical (unpaired) electrons. The Morgan fingerprint density at radius 1 is 0.943 bits per heavy atom. The summed E-state index contributed by atoms with van der Waals surface area (Å²) in [5.41, 5.74) is 2.98. The SMILES string of the molecule is O=C(c1ccc(O)cc1O)N(Cc1cccnc1)c1ccc(-c2ncnc3cccc(F)c23)cc1. The van der Waals surface area contributed by atoms with Crippen LogP contribution in [0.3, 0.4) is 0 Å². The lowest BCUT2D eigenvalue weighted by Gasteiger charge is -2.24. The quantitative estimate of drug-likeness (QED) is 0.374. The number of hydrogen-bond donors (Lipinski definition) is 2. The van der Waals surface area contributed by atoms with Gasteiger partial charge in [-0.1, -0.05) is 24.3 Å². The molecule has 0 bridgehead atoms. The second-order valence-corrected chi connectivity index (χ2v) is 7.86. The number of carbonyl (C=O) groups excluding carboxylic acids is 1. The molecule has 0 aliphatic rings. The van der Waals surface area contributed by atoms with Gasteiger partial charge in [0.25, 0.3) is 5.91 Å². The molecule has 2 N–H and O–H groups in total. The summed E-state index contributed by atoms with van der Waals surface area (Å²) in [5.74, 6) is -1.35. The third-order valence-electron chi connectivity index (χ3n) is 5.58. The van der Waals surface area contributed by atoms with Crippen molar-refractivity contribution in [2.24, 2.45) is 0 Å². The van der Waals surface area contributed by atoms with Gasteiger partial charge in [-0.15, -0.1) is 0 Å². The van der Waals surface area contributed by atoms with E-state index in [9.17, 15) is 19.4 Å². The molecule has 8 heteroatoms. The first-order chi connectivity index (χ1) is 17.0. The van der Waals surface area contributed by atoms with Crippen molar-refractivity contribution in [3.63, 3.8) is 0 Å². The maximum Gasteiger partial charge on any atom is 0.262 e. The Morgan fingerprint density at radius 2 is 1.77 bits per heavy atom. The van der Waals surface area contributed by atoms with Gasteiger partial charge in [0.2, 0.25) is 0 Å². The van der Waals surface area contributed by atoms with Crippen LogP contribution in [-0.4, -0.2) is 31.1 Å². The second-order valence-electron chi connectivity index (χ2n) is 7.86. The summed E-state index contributed by atoms with van der Waals surface area (Å²) in [7, 11) is 0. The molecule has 7 nitrogen and oxygen atoms in total. The lowest BCUT2D eigenvalue weighted by Crippen LogP contribution is -2.30. The van der Waals surface area contributed by atoms with Crippen LogP contribution in [0.4, 0.5) is 10.1 Å². The Balaban J connectivity index is 1.55. The summed E-state index contributed by atoms with van der Waals surface area (Å²) in [6.45, 7) is 0.192. The number of rotatable bonds is 5. The van der Waals surface area contributed by atoms with Gasteiger partial charge in [-0.3, -0.25) is 9.78 Å². The molecule has 0 unspecified atom stereocenters. The average Bonchev–Trinajstić information content (AvgIpc) is 2.88. The van der Waals surface area contributed by atoms with Crippen LogP contribution >= 0.6 is 0 Å². The zero-order valence-corrected chi connectivity index (χ0v) is 18.3. The Labute approximate surface area is 199 Å². The molecular weight excluding hydrogens is 447 g/mol. The molecule has 0 saturated heterocycles. The van der Waals surface area contributed by atoms with Crippen molar-refractivity contribution in [1.82, 2.24) is 15.0 Å². The van der Waals surface area contributed by atoms with Crippen LogP contribution < -0.4 is 4.90 Å². The maximum atomic E-state index is 14.6. The lowest BCUT2D eigenvalue weighted by atomic mass is 10.0. The van der Waals surface area contributed by atoms with Gasteiger partial charge < -0.3 is 15.1 Å². The van der Waals surface area contributed by atoms with E-state index in [1.165, 1.54) is 29.4 Å². The number of benzene rings is 3. The number of halogens is 1. The lowest BCUT2D eigenvalue weighted by molar-refractivity contribution is 0.0982. The van der Waals surface area contributed by atoms with Crippen LogP contribution in [0.2, 0.25) is 0 Å². The molecule has 35 heavy (non-hydrogen) atoms. The predicted molar refractivity (Wildman–Crippen MR) is 129 cm³/mol. The van der Waals surface area contributed by atoms with Gasteiger partial charge in [0, 0.05) is 29.7 Å². The van der Waals surface area contributed by atoms with Gasteiger partial charge in [0.15, 0.2) is 0 Å². The molecule has 2 aromatic heterocycles. The molecule has 0 fully saturated rings. The minimum Gasteiger partial charge on any atom is -0.508 e. The maximum absolute atomic E-state index is 14.6. The molecular formula is C27H19FN4O3. The smallest absolute Gasteiger partial charge is 0.262 e. The van der Waals surface area contributed by atoms with Crippen LogP contribution in [0.15, 0.2) is 91.5 Å². The van der Waals surface area contributed by atoms with Gasteiger partial charge in [-0.25, -0.2) is 14.4 Å². The Morgan fingerprint density at radius 3 is 2.51 bits per heavy atom. The summed E-state index contributed by atoms with van der Waals surface area (Å²) in [5, 5.41) is 20.2. The van der Waals surface area contributed by atoms with E-state index in [0.29, 0.717) is 27.8 Å². The summed E-state index contributed by atoms with van der Waals surface area (Å²) in [6.07, 6.45) is 4.68. The molecule has 5 rings (SSSR count). The number of aromatic nitrogens is 3. The average molecular weight is 466 g/mol. The molecule has 0 aliphatic heterocycles. The summed E-state index contributed by atoms with van der Waals surface area (Å²) >= 11 is 0. The van der Waals surface area contributed by atoms with E-state index in [4.69, 9.17) is 0 Å². The monoisotopic (exact) mass is 466 g/mol. The van der Waals surface area contributed by atoms with E-state index in [2.05, 4.69) is 15.0 Å². The fraction of sp³-hybridized carbons (Fsp3) is 0.0370. The largest absolute Gasteiger partial charge is 0.508 e. The number of pyridine rings is 1. The zero-order chi connectivity index (χ0) is 24.4. The number of carbonyl (C=O) groups is 1. The van der Waals surface area contributed by atoms with E-state index < -0.39 is 11.7 Å². The number of phenols is 2. The van der Waals surface area contributed by atoms with Crippen molar-refractivity contribution in [2.45, 2.75) is 6.54 Å². The number of nitrogens with zero attached hydrogens (tertiary/aromatic N) is 4. The molecule has 172 valence electrons. The topological polar surface area (TPSA) is 99.4 Å². The first-order valence-corrected chi connectivity index (χ1v) is 10.7. The van der Waals surface area contributed by atoms with E-state index in [1.807, 2.05) is 6.07 Å². The van der Waals surface area contributed by atoms with Crippen molar-refractivity contribution in [3.8, 4) is 22.8 Å². The number of aromatic hydroxyl groups is 2. The third-order valence-corrected chi connectivity index (χ3v) is 5.58. The fourth-order valence-electron chi connectivity index (χ4n) is 3.89. The van der Waals surface area contributed by atoms with E-state index in [-0.39, 0.29) is 23.6 Å². The third kappa shape index (κ3) is 4.37. The highest BCUT2D eigenvalue weighted by Crippen LogP contribution is 2.31. The van der Waals surface area contributed by atoms with Crippen LogP contribution in [0.1, 0.15) is 15.9 Å². The Kier molecular flexibility index (Phi) is 5.76. The zero-order valence-electron chi connectivity index (χ0n) is 18.3. The van der Waals surface area contributed by atoms with Crippen LogP contribution in [-0.2, 0) is 6.54 Å². The summed E-state index contributed by atoms with van der Waals surface area (Å²) in [6, 6.07) is 19.1. The van der Waals surface area contributed by atoms with Crippen molar-refractivity contribution < 1.29 is 19.4 Å². The van der Waals surface area contributed by atoms with Crippen molar-refractivity contribution in [1.29, 1.82) is 0 Å². The molecule has 1 amide bonds. The van der Waals surface area contributed by atoms with Crippen molar-refractivity contribution >= 4 is 22.5 Å². The molecule has 0 saturated carbocycles. The van der Waals surface area contributed by atoms with Gasteiger partial charge in [-0.05, 0) is 48.0 Å². The van der Waals surface area contributed by atoms with E-state index >= 15 is 0 Å². The van der Waals surface area contributed by atoms with E-state index in [0.717, 1.165) is 11.6 Å². The van der Waals surface area contributed by atoms with E-state index in [1.54, 1.807) is 54.9 Å². The van der Waals surface area contributed by atoms with Crippen LogP contribution in [0, 0.1) is 5.82 Å². The van der Waals surface area contributed by atoms with Gasteiger partial charge in [-0.2, -0.15) is 0 Å². The molecule has 2 heterocycles. The highest BCUT2D eigenvalue weighted by atomic mass is 19.1. The summed E-state index contributed by atoms with van der Waals surface area (Å²) < 4.78 is 14.6. The highest BCUT2D eigenvalue weighted by Gasteiger charge is 2.22. The highest BCUT2D eigenvalue weighted by molar-refractivity contribution is 6.08. The number of phenolic OH excluding ortho intramolecular Hbond substituents is 2. The number of fused-ring (bicyclic) bond motifs is 1. The number of hydrogen-bond acceptors (Lipinski definition) is 6. The van der Waals surface area contributed by atoms with Crippen molar-refractivity contribution in [2.75, 3.05) is 4.90 Å². The molecule has 3 aromatic carbocycles.